The zero-order chi connectivity index (χ0) is 38.5. The predicted molar refractivity (Wildman–Crippen MR) is 217 cm³/mol. The van der Waals surface area contributed by atoms with E-state index in [1.807, 2.05) is 182 Å². The number of hydrogen-bond acceptors (Lipinski definition) is 7. The third kappa shape index (κ3) is 13.2. The van der Waals surface area contributed by atoms with Gasteiger partial charge in [0.1, 0.15) is 30.5 Å². The van der Waals surface area contributed by atoms with Gasteiger partial charge in [0.05, 0.1) is 46.2 Å². The molecule has 0 bridgehead atoms. The van der Waals surface area contributed by atoms with E-state index in [0.717, 1.165) is 39.7 Å². The van der Waals surface area contributed by atoms with Gasteiger partial charge in [-0.2, -0.15) is 0 Å². The summed E-state index contributed by atoms with van der Waals surface area (Å²) in [7, 11) is 0. The summed E-state index contributed by atoms with van der Waals surface area (Å²) in [5.74, 6) is 0. The molecule has 0 heterocycles. The van der Waals surface area contributed by atoms with Crippen molar-refractivity contribution >= 4 is 6.29 Å². The van der Waals surface area contributed by atoms with Gasteiger partial charge in [-0.25, -0.2) is 0 Å². The first-order valence-electron chi connectivity index (χ1n) is 19.1. The largest absolute Gasteiger partial charge is 0.374 e. The van der Waals surface area contributed by atoms with Crippen LogP contribution in [0, 0.1) is 0 Å². The van der Waals surface area contributed by atoms with Crippen molar-refractivity contribution in [2.24, 2.45) is 0 Å². The maximum Gasteiger partial charge on any atom is 0.151 e. The van der Waals surface area contributed by atoms with Gasteiger partial charge in [-0.15, -0.1) is 0 Å². The highest BCUT2D eigenvalue weighted by atomic mass is 16.6. The summed E-state index contributed by atoms with van der Waals surface area (Å²) in [5, 5.41) is 0. The summed E-state index contributed by atoms with van der Waals surface area (Å²) < 4.78 is 40.3. The van der Waals surface area contributed by atoms with Crippen LogP contribution in [0.25, 0.3) is 0 Å². The van der Waals surface area contributed by atoms with Crippen LogP contribution in [-0.2, 0) is 72.9 Å². The quantitative estimate of drug-likeness (QED) is 0.0571. The molecule has 56 heavy (non-hydrogen) atoms. The lowest BCUT2D eigenvalue weighted by Crippen LogP contribution is -2.55. The molecule has 288 valence electrons. The zero-order valence-corrected chi connectivity index (χ0v) is 31.6. The molecule has 0 aliphatic rings. The van der Waals surface area contributed by atoms with Crippen LogP contribution in [0.3, 0.4) is 0 Å². The third-order valence-corrected chi connectivity index (χ3v) is 9.31. The van der Waals surface area contributed by atoms with E-state index in [-0.39, 0.29) is 33.0 Å². The lowest BCUT2D eigenvalue weighted by Gasteiger charge is -2.39. The van der Waals surface area contributed by atoms with E-state index in [4.69, 9.17) is 28.4 Å². The lowest BCUT2D eigenvalue weighted by atomic mass is 9.98. The molecular formula is C49H50O7. The molecule has 0 aliphatic heterocycles. The standard InChI is InChI=1S/C49H50O7/c50-31-45(52-33-40-21-9-2-10-22-40)47(54-35-42-25-13-4-14-26-42)49(56-37-44-29-17-6-18-30-44)48(55-36-43-27-15-5-16-28-43)46(53-34-41-23-11-3-12-24-41)38-51-32-39-19-7-1-8-20-39/h1-31,45-49H,32-38H2/t45-,46+,47+,48+,49+/m0/s1. The van der Waals surface area contributed by atoms with Crippen LogP contribution in [0.4, 0.5) is 0 Å². The molecule has 7 nitrogen and oxygen atoms in total. The van der Waals surface area contributed by atoms with Crippen LogP contribution in [0.1, 0.15) is 33.4 Å². The average molecular weight is 751 g/mol. The molecule has 6 aromatic rings. The van der Waals surface area contributed by atoms with Crippen LogP contribution in [-0.4, -0.2) is 43.4 Å². The molecule has 0 spiro atoms. The van der Waals surface area contributed by atoms with Crippen molar-refractivity contribution in [3.05, 3.63) is 215 Å². The molecule has 0 aromatic heterocycles. The topological polar surface area (TPSA) is 72.5 Å². The monoisotopic (exact) mass is 750 g/mol. The van der Waals surface area contributed by atoms with Crippen LogP contribution >= 0.6 is 0 Å². The summed E-state index contributed by atoms with van der Waals surface area (Å²) in [5.41, 5.74) is 5.83. The van der Waals surface area contributed by atoms with Crippen molar-refractivity contribution in [3.63, 3.8) is 0 Å². The van der Waals surface area contributed by atoms with Gasteiger partial charge in [-0.3, -0.25) is 0 Å². The molecule has 0 amide bonds. The molecule has 6 aromatic carbocycles. The average Bonchev–Trinajstić information content (AvgIpc) is 3.27. The second-order valence-corrected chi connectivity index (χ2v) is 13.5. The van der Waals surface area contributed by atoms with Crippen molar-refractivity contribution in [1.82, 2.24) is 0 Å². The Morgan fingerprint density at radius 2 is 0.643 bits per heavy atom. The number of aldehydes is 1. The molecular weight excluding hydrogens is 701 g/mol. The molecule has 0 radical (unpaired) electrons. The smallest absolute Gasteiger partial charge is 0.151 e. The molecule has 0 N–H and O–H groups in total. The van der Waals surface area contributed by atoms with Crippen LogP contribution in [0.15, 0.2) is 182 Å². The van der Waals surface area contributed by atoms with E-state index >= 15 is 0 Å². The Labute approximate surface area is 330 Å². The number of benzene rings is 6. The Balaban J connectivity index is 1.39. The highest BCUT2D eigenvalue weighted by molar-refractivity contribution is 5.57. The van der Waals surface area contributed by atoms with Gasteiger partial charge in [0.25, 0.3) is 0 Å². The number of rotatable bonds is 24. The molecule has 0 aliphatic carbocycles. The van der Waals surface area contributed by atoms with Gasteiger partial charge >= 0.3 is 0 Å². The van der Waals surface area contributed by atoms with Gasteiger partial charge in [0.15, 0.2) is 6.29 Å². The Bertz CT molecular complexity index is 1910. The summed E-state index contributed by atoms with van der Waals surface area (Å²) in [6, 6.07) is 59.6. The van der Waals surface area contributed by atoms with Crippen molar-refractivity contribution in [2.75, 3.05) is 6.61 Å². The third-order valence-electron chi connectivity index (χ3n) is 9.31. The number of carbonyl (C=O) groups is 1. The van der Waals surface area contributed by atoms with Crippen molar-refractivity contribution in [3.8, 4) is 0 Å². The first kappa shape index (κ1) is 40.4. The van der Waals surface area contributed by atoms with Gasteiger partial charge in [0, 0.05) is 0 Å². The SMILES string of the molecule is O=C[C@H](OCc1ccccc1)[C@@H](OCc1ccccc1)[C@@H](OCc1ccccc1)[C@H](OCc1ccccc1)[C@@H](COCc1ccccc1)OCc1ccccc1. The first-order chi connectivity index (χ1) is 27.7. The fourth-order valence-electron chi connectivity index (χ4n) is 6.33. The Kier molecular flexibility index (Phi) is 16.6. The van der Waals surface area contributed by atoms with Gasteiger partial charge in [0.2, 0.25) is 0 Å². The van der Waals surface area contributed by atoms with Gasteiger partial charge in [-0.1, -0.05) is 182 Å². The Morgan fingerprint density at radius 1 is 0.339 bits per heavy atom. The van der Waals surface area contributed by atoms with Crippen molar-refractivity contribution < 1.29 is 33.2 Å². The number of hydrogen-bond donors (Lipinski definition) is 0. The Hall–Kier alpha value is -5.25. The molecule has 0 unspecified atom stereocenters. The van der Waals surface area contributed by atoms with Crippen molar-refractivity contribution in [1.29, 1.82) is 0 Å². The summed E-state index contributed by atoms with van der Waals surface area (Å²) >= 11 is 0. The highest BCUT2D eigenvalue weighted by Gasteiger charge is 2.43. The maximum atomic E-state index is 13.2. The van der Waals surface area contributed by atoms with Crippen molar-refractivity contribution in [2.45, 2.75) is 70.2 Å². The minimum Gasteiger partial charge on any atom is -0.374 e. The minimum atomic E-state index is -1.03. The fourth-order valence-corrected chi connectivity index (χ4v) is 6.33. The number of carbonyl (C=O) groups excluding carboxylic acids is 1. The van der Waals surface area contributed by atoms with E-state index in [9.17, 15) is 4.79 Å². The minimum absolute atomic E-state index is 0.175. The predicted octanol–water partition coefficient (Wildman–Crippen LogP) is 9.33. The van der Waals surface area contributed by atoms with E-state index < -0.39 is 30.5 Å². The number of ether oxygens (including phenoxy) is 6. The van der Waals surface area contributed by atoms with Crippen LogP contribution in [0.5, 0.6) is 0 Å². The van der Waals surface area contributed by atoms with E-state index in [1.54, 1.807) is 0 Å². The molecule has 5 atom stereocenters. The molecule has 0 saturated heterocycles. The normalized spacial score (nSPS) is 14.0. The molecule has 0 saturated carbocycles. The van der Waals surface area contributed by atoms with E-state index in [2.05, 4.69) is 0 Å². The fraction of sp³-hybridized carbons (Fsp3) is 0.245. The van der Waals surface area contributed by atoms with Gasteiger partial charge < -0.3 is 33.2 Å². The van der Waals surface area contributed by atoms with Gasteiger partial charge in [-0.05, 0) is 33.4 Å². The summed E-state index contributed by atoms with van der Waals surface area (Å²) in [4.78, 5) is 13.2. The molecule has 0 fully saturated rings. The van der Waals surface area contributed by atoms with E-state index in [0.29, 0.717) is 13.2 Å². The zero-order valence-electron chi connectivity index (χ0n) is 31.6. The summed E-state index contributed by atoms with van der Waals surface area (Å²) in [6.07, 6.45) is -3.46. The maximum absolute atomic E-state index is 13.2. The summed E-state index contributed by atoms with van der Waals surface area (Å²) in [6.45, 7) is 1.73. The second kappa shape index (κ2) is 23.0. The van der Waals surface area contributed by atoms with E-state index in [1.165, 1.54) is 0 Å². The first-order valence-corrected chi connectivity index (χ1v) is 19.1. The van der Waals surface area contributed by atoms with Crippen LogP contribution in [0.2, 0.25) is 0 Å². The second-order valence-electron chi connectivity index (χ2n) is 13.5. The van der Waals surface area contributed by atoms with Crippen LogP contribution < -0.4 is 0 Å². The molecule has 7 heteroatoms. The highest BCUT2D eigenvalue weighted by Crippen LogP contribution is 2.27. The Morgan fingerprint density at radius 3 is 1.02 bits per heavy atom. The lowest BCUT2D eigenvalue weighted by molar-refractivity contribution is -0.218. The molecule has 6 rings (SSSR count).